The molecule has 0 aliphatic rings. The van der Waals surface area contributed by atoms with Crippen molar-refractivity contribution in [3.63, 3.8) is 0 Å². The van der Waals surface area contributed by atoms with E-state index in [0.717, 1.165) is 4.88 Å². The van der Waals surface area contributed by atoms with Crippen molar-refractivity contribution >= 4 is 17.2 Å². The maximum absolute atomic E-state index is 11.9. The van der Waals surface area contributed by atoms with Crippen molar-refractivity contribution in [2.75, 3.05) is 12.1 Å². The first-order chi connectivity index (χ1) is 7.18. The molecule has 0 saturated heterocycles. The summed E-state index contributed by atoms with van der Waals surface area (Å²) >= 11 is 1.45. The Kier molecular flexibility index (Phi) is 2.55. The van der Waals surface area contributed by atoms with Gasteiger partial charge in [0, 0.05) is 0 Å². The van der Waals surface area contributed by atoms with Crippen LogP contribution in [0.5, 0.6) is 0 Å². The van der Waals surface area contributed by atoms with Gasteiger partial charge in [0.25, 0.3) is 12.2 Å². The molecule has 2 rings (SSSR count). The second-order valence-corrected chi connectivity index (χ2v) is 4.21. The second kappa shape index (κ2) is 3.86. The molecular formula is C10H12N3OS+. The van der Waals surface area contributed by atoms with E-state index in [-0.39, 0.29) is 5.91 Å². The number of carbonyl (C=O) groups is 1. The van der Waals surface area contributed by atoms with Crippen LogP contribution in [-0.2, 0) is 7.05 Å². The molecule has 0 spiro atoms. The summed E-state index contributed by atoms with van der Waals surface area (Å²) in [5.41, 5.74) is 0. The quantitative estimate of drug-likeness (QED) is 0.690. The highest BCUT2D eigenvalue weighted by molar-refractivity contribution is 7.12. The van der Waals surface area contributed by atoms with Crippen LogP contribution in [0.15, 0.2) is 36.2 Å². The number of rotatable bonds is 2. The Morgan fingerprint density at radius 2 is 2.40 bits per heavy atom. The Morgan fingerprint density at radius 1 is 1.60 bits per heavy atom. The zero-order chi connectivity index (χ0) is 10.8. The number of carbonyl (C=O) groups excluding carboxylic acids is 1. The number of nitrogens with zero attached hydrogens (tertiary/aromatic N) is 3. The molecular weight excluding hydrogens is 210 g/mol. The largest absolute Gasteiger partial charge is 0.298 e. The van der Waals surface area contributed by atoms with Crippen LogP contribution in [0.3, 0.4) is 0 Å². The summed E-state index contributed by atoms with van der Waals surface area (Å²) in [4.78, 5) is 12.7. The first kappa shape index (κ1) is 9.92. The van der Waals surface area contributed by atoms with Crippen molar-refractivity contribution in [3.05, 3.63) is 41.1 Å². The molecule has 2 aromatic rings. The molecule has 0 bridgehead atoms. The highest BCUT2D eigenvalue weighted by atomic mass is 32.1. The molecule has 2 aromatic heterocycles. The van der Waals surface area contributed by atoms with Crippen LogP contribution < -0.4 is 9.58 Å². The minimum absolute atomic E-state index is 0.00111. The molecule has 1 amide bonds. The van der Waals surface area contributed by atoms with E-state index >= 15 is 0 Å². The summed E-state index contributed by atoms with van der Waals surface area (Å²) in [5, 5.41) is 3.47. The highest BCUT2D eigenvalue weighted by Gasteiger charge is 2.17. The van der Waals surface area contributed by atoms with Gasteiger partial charge in [-0.25, -0.2) is 4.57 Å². The third-order valence-corrected chi connectivity index (χ3v) is 2.99. The minimum Gasteiger partial charge on any atom is -0.265 e. The molecule has 0 aromatic carbocycles. The molecule has 4 nitrogen and oxygen atoms in total. The van der Waals surface area contributed by atoms with E-state index in [0.29, 0.717) is 0 Å². The van der Waals surface area contributed by atoms with Gasteiger partial charge in [-0.05, 0) is 11.4 Å². The normalized spacial score (nSPS) is 10.3. The van der Waals surface area contributed by atoms with E-state index in [1.54, 1.807) is 16.7 Å². The minimum atomic E-state index is 0.00111. The van der Waals surface area contributed by atoms with Gasteiger partial charge in [-0.1, -0.05) is 6.07 Å². The monoisotopic (exact) mass is 222 g/mol. The summed E-state index contributed by atoms with van der Waals surface area (Å²) < 4.78 is 3.64. The van der Waals surface area contributed by atoms with Gasteiger partial charge < -0.3 is 0 Å². The molecule has 0 unspecified atom stereocenters. The van der Waals surface area contributed by atoms with E-state index in [1.807, 2.05) is 47.8 Å². The molecule has 15 heavy (non-hydrogen) atoms. The van der Waals surface area contributed by atoms with Crippen LogP contribution >= 0.6 is 11.3 Å². The fraction of sp³-hybridized carbons (Fsp3) is 0.200. The second-order valence-electron chi connectivity index (χ2n) is 3.27. The van der Waals surface area contributed by atoms with E-state index in [2.05, 4.69) is 0 Å². The lowest BCUT2D eigenvalue weighted by molar-refractivity contribution is -0.671. The van der Waals surface area contributed by atoms with Gasteiger partial charge in [-0.3, -0.25) is 4.79 Å². The van der Waals surface area contributed by atoms with Gasteiger partial charge in [-0.2, -0.15) is 5.01 Å². The van der Waals surface area contributed by atoms with Crippen molar-refractivity contribution in [2.45, 2.75) is 0 Å². The number of hydrogen-bond acceptors (Lipinski definition) is 2. The fourth-order valence-corrected chi connectivity index (χ4v) is 1.97. The standard InChI is InChI=1S/C10H12N3OS/c1-11-5-6-13(8-11)12(2)10(14)9-4-3-7-15-9/h3-8H,1-2H3/q+1. The van der Waals surface area contributed by atoms with Gasteiger partial charge in [0.05, 0.1) is 19.0 Å². The van der Waals surface area contributed by atoms with Crippen LogP contribution in [0, 0.1) is 0 Å². The van der Waals surface area contributed by atoms with Crippen LogP contribution in [0.2, 0.25) is 0 Å². The third kappa shape index (κ3) is 1.92. The van der Waals surface area contributed by atoms with E-state index < -0.39 is 0 Å². The molecule has 5 heteroatoms. The number of imidazole rings is 1. The molecule has 0 saturated carbocycles. The van der Waals surface area contributed by atoms with Crippen molar-refractivity contribution in [1.82, 2.24) is 4.68 Å². The van der Waals surface area contributed by atoms with Crippen molar-refractivity contribution < 1.29 is 9.36 Å². The van der Waals surface area contributed by atoms with Crippen molar-refractivity contribution in [1.29, 1.82) is 0 Å². The molecule has 0 atom stereocenters. The summed E-state index contributed by atoms with van der Waals surface area (Å²) in [6.45, 7) is 0. The number of hydrogen-bond donors (Lipinski definition) is 0. The first-order valence-electron chi connectivity index (χ1n) is 4.53. The Labute approximate surface area is 92.0 Å². The van der Waals surface area contributed by atoms with E-state index in [9.17, 15) is 4.79 Å². The van der Waals surface area contributed by atoms with Gasteiger partial charge in [0.15, 0.2) is 6.20 Å². The molecule has 0 aliphatic heterocycles. The molecule has 0 N–H and O–H groups in total. The summed E-state index contributed by atoms with van der Waals surface area (Å²) in [5.74, 6) is 0.00111. The van der Waals surface area contributed by atoms with Crippen LogP contribution in [0.25, 0.3) is 0 Å². The Bertz CT molecular complexity index is 461. The molecule has 0 radical (unpaired) electrons. The highest BCUT2D eigenvalue weighted by Crippen LogP contribution is 2.10. The molecule has 0 fully saturated rings. The fourth-order valence-electron chi connectivity index (χ4n) is 1.28. The summed E-state index contributed by atoms with van der Waals surface area (Å²) in [7, 11) is 3.67. The van der Waals surface area contributed by atoms with Gasteiger partial charge in [-0.15, -0.1) is 16.0 Å². The number of aryl methyl sites for hydroxylation is 1. The number of aromatic nitrogens is 2. The van der Waals surface area contributed by atoms with Crippen LogP contribution in [0.1, 0.15) is 9.67 Å². The lowest BCUT2D eigenvalue weighted by Gasteiger charge is -2.10. The SMILES string of the molecule is CN(C(=O)c1cccs1)n1cc[n+](C)c1. The number of thiophene rings is 1. The number of amides is 1. The van der Waals surface area contributed by atoms with Gasteiger partial charge in [0.2, 0.25) is 0 Å². The van der Waals surface area contributed by atoms with Gasteiger partial charge in [0.1, 0.15) is 6.20 Å². The topological polar surface area (TPSA) is 29.1 Å². The average molecular weight is 222 g/mol. The van der Waals surface area contributed by atoms with Crippen molar-refractivity contribution in [3.8, 4) is 0 Å². The summed E-state index contributed by atoms with van der Waals surface area (Å²) in [6, 6.07) is 3.70. The Morgan fingerprint density at radius 3 is 2.93 bits per heavy atom. The predicted octanol–water partition coefficient (Wildman–Crippen LogP) is 0.782. The van der Waals surface area contributed by atoms with Gasteiger partial charge >= 0.3 is 0 Å². The predicted molar refractivity (Wildman–Crippen MR) is 58.4 cm³/mol. The maximum atomic E-state index is 11.9. The molecule has 0 aliphatic carbocycles. The van der Waals surface area contributed by atoms with Crippen molar-refractivity contribution in [2.24, 2.45) is 7.05 Å². The third-order valence-electron chi connectivity index (χ3n) is 2.13. The Balaban J connectivity index is 2.22. The lowest BCUT2D eigenvalue weighted by Crippen LogP contribution is -2.36. The Hall–Kier alpha value is -1.62. The summed E-state index contributed by atoms with van der Waals surface area (Å²) in [6.07, 6.45) is 5.56. The van der Waals surface area contributed by atoms with E-state index in [4.69, 9.17) is 0 Å². The maximum Gasteiger partial charge on any atom is 0.298 e. The molecule has 2 heterocycles. The first-order valence-corrected chi connectivity index (χ1v) is 5.41. The van der Waals surface area contributed by atoms with Crippen LogP contribution in [-0.4, -0.2) is 17.6 Å². The van der Waals surface area contributed by atoms with Crippen LogP contribution in [0.4, 0.5) is 0 Å². The molecule has 78 valence electrons. The zero-order valence-corrected chi connectivity index (χ0v) is 9.44. The smallest absolute Gasteiger partial charge is 0.265 e. The lowest BCUT2D eigenvalue weighted by atomic mass is 10.4. The zero-order valence-electron chi connectivity index (χ0n) is 8.62. The van der Waals surface area contributed by atoms with E-state index in [1.165, 1.54) is 11.3 Å². The average Bonchev–Trinajstić information content (AvgIpc) is 2.85.